The van der Waals surface area contributed by atoms with Gasteiger partial charge in [-0.15, -0.1) is 0 Å². The van der Waals surface area contributed by atoms with Crippen molar-refractivity contribution in [3.05, 3.63) is 56.1 Å². The molecule has 0 aromatic heterocycles. The van der Waals surface area contributed by atoms with E-state index in [0.29, 0.717) is 12.8 Å². The number of aliphatic hydroxyl groups excluding tert-OH is 1. The fourth-order valence-corrected chi connectivity index (χ4v) is 2.29. The molecule has 0 radical (unpaired) electrons. The van der Waals surface area contributed by atoms with E-state index in [-0.39, 0.29) is 18.1 Å². The summed E-state index contributed by atoms with van der Waals surface area (Å²) in [7, 11) is 0. The van der Waals surface area contributed by atoms with Gasteiger partial charge in [-0.05, 0) is 24.8 Å². The van der Waals surface area contributed by atoms with Gasteiger partial charge >= 0.3 is 5.97 Å². The van der Waals surface area contributed by atoms with Crippen molar-refractivity contribution in [1.29, 1.82) is 0 Å². The van der Waals surface area contributed by atoms with Crippen molar-refractivity contribution in [3.63, 3.8) is 0 Å². The van der Waals surface area contributed by atoms with Crippen molar-refractivity contribution < 1.29 is 24.5 Å². The molecule has 0 fully saturated rings. The van der Waals surface area contributed by atoms with Gasteiger partial charge in [-0.1, -0.05) is 6.08 Å². The highest BCUT2D eigenvalue weighted by Gasteiger charge is 2.24. The monoisotopic (exact) mass is 322 g/mol. The van der Waals surface area contributed by atoms with Crippen LogP contribution >= 0.6 is 0 Å². The number of hydrogen-bond donors (Lipinski definition) is 1. The van der Waals surface area contributed by atoms with E-state index in [4.69, 9.17) is 9.84 Å². The van der Waals surface area contributed by atoms with Crippen LogP contribution in [0.15, 0.2) is 30.4 Å². The van der Waals surface area contributed by atoms with Crippen LogP contribution in [0.5, 0.6) is 0 Å². The van der Waals surface area contributed by atoms with Crippen LogP contribution in [0.2, 0.25) is 0 Å². The lowest BCUT2D eigenvalue weighted by atomic mass is 9.93. The van der Waals surface area contributed by atoms with Crippen LogP contribution in [0.4, 0.5) is 11.4 Å². The van der Waals surface area contributed by atoms with Gasteiger partial charge in [0.25, 0.3) is 11.4 Å². The second-order valence-electron chi connectivity index (χ2n) is 5.14. The number of nitro groups is 2. The molecule has 0 saturated carbocycles. The number of carbonyl (C=O) groups is 1. The number of benzene rings is 1. The second-order valence-corrected chi connectivity index (χ2v) is 5.14. The van der Waals surface area contributed by atoms with E-state index in [1.165, 1.54) is 0 Å². The Bertz CT molecular complexity index is 639. The van der Waals surface area contributed by atoms with E-state index in [1.54, 1.807) is 12.2 Å². The van der Waals surface area contributed by atoms with E-state index in [1.807, 2.05) is 0 Å². The fourth-order valence-electron chi connectivity index (χ4n) is 2.29. The molecule has 1 aliphatic carbocycles. The minimum Gasteiger partial charge on any atom is -0.455 e. The van der Waals surface area contributed by atoms with Crippen molar-refractivity contribution in [1.82, 2.24) is 0 Å². The predicted octanol–water partition coefficient (Wildman–Crippen LogP) is 1.99. The summed E-state index contributed by atoms with van der Waals surface area (Å²) in [5.74, 6) is -0.915. The number of hydrogen-bond acceptors (Lipinski definition) is 7. The molecule has 2 rings (SSSR count). The average molecular weight is 322 g/mol. The molecule has 9 nitrogen and oxygen atoms in total. The molecule has 0 saturated heterocycles. The predicted molar refractivity (Wildman–Crippen MR) is 77.9 cm³/mol. The quantitative estimate of drug-likeness (QED) is 0.379. The molecule has 0 heterocycles. The first-order valence-corrected chi connectivity index (χ1v) is 6.83. The molecule has 0 amide bonds. The maximum Gasteiger partial charge on any atom is 0.339 e. The van der Waals surface area contributed by atoms with Crippen molar-refractivity contribution in [2.75, 3.05) is 6.61 Å². The highest BCUT2D eigenvalue weighted by molar-refractivity contribution is 5.91. The van der Waals surface area contributed by atoms with Gasteiger partial charge < -0.3 is 9.84 Å². The number of ether oxygens (including phenoxy) is 1. The standard InChI is InChI=1S/C14H14N2O7/c17-8-9-2-1-3-13(4-9)23-14(18)10-5-11(15(19)20)7-12(6-10)16(21)22/h1,3,5-7,9,13,17H,2,4,8H2/t9-,13+/m1/s1. The van der Waals surface area contributed by atoms with Crippen LogP contribution in [0, 0.1) is 26.1 Å². The normalized spacial score (nSPS) is 20.0. The molecule has 9 heteroatoms. The number of nitrogens with zero attached hydrogens (tertiary/aromatic N) is 2. The largest absolute Gasteiger partial charge is 0.455 e. The number of carbonyl (C=O) groups excluding carboxylic acids is 1. The molecule has 1 aromatic carbocycles. The van der Waals surface area contributed by atoms with Crippen LogP contribution in [-0.2, 0) is 4.74 Å². The van der Waals surface area contributed by atoms with Crippen LogP contribution < -0.4 is 0 Å². The molecular formula is C14H14N2O7. The summed E-state index contributed by atoms with van der Waals surface area (Å²) in [6, 6.07) is 2.65. The molecule has 1 aliphatic rings. The van der Waals surface area contributed by atoms with Crippen LogP contribution in [0.25, 0.3) is 0 Å². The molecule has 0 spiro atoms. The van der Waals surface area contributed by atoms with E-state index >= 15 is 0 Å². The Balaban J connectivity index is 2.21. The van der Waals surface area contributed by atoms with E-state index in [0.717, 1.165) is 18.2 Å². The zero-order valence-corrected chi connectivity index (χ0v) is 12.0. The minimum atomic E-state index is -0.884. The number of nitro benzene ring substituents is 2. The SMILES string of the molecule is O=C(O[C@H]1C=CC[C@@H](CO)C1)c1cc([N+](=O)[O-])cc([N+](=O)[O-])c1. The number of allylic oxidation sites excluding steroid dienone is 1. The average Bonchev–Trinajstić information content (AvgIpc) is 2.54. The number of rotatable bonds is 5. The van der Waals surface area contributed by atoms with Gasteiger partial charge in [-0.25, -0.2) is 4.79 Å². The van der Waals surface area contributed by atoms with Crippen molar-refractivity contribution in [2.45, 2.75) is 18.9 Å². The minimum absolute atomic E-state index is 0.0303. The highest BCUT2D eigenvalue weighted by Crippen LogP contribution is 2.25. The van der Waals surface area contributed by atoms with E-state index in [9.17, 15) is 25.0 Å². The van der Waals surface area contributed by atoms with Crippen molar-refractivity contribution in [2.24, 2.45) is 5.92 Å². The van der Waals surface area contributed by atoms with Gasteiger partial charge in [0.1, 0.15) is 6.10 Å². The summed E-state index contributed by atoms with van der Waals surface area (Å²) in [6.07, 6.45) is 3.96. The van der Waals surface area contributed by atoms with Gasteiger partial charge in [0.2, 0.25) is 0 Å². The summed E-state index contributed by atoms with van der Waals surface area (Å²) >= 11 is 0. The summed E-state index contributed by atoms with van der Waals surface area (Å²) in [5, 5.41) is 30.8. The van der Waals surface area contributed by atoms with Gasteiger partial charge in [0.05, 0.1) is 21.5 Å². The van der Waals surface area contributed by atoms with Crippen LogP contribution in [0.1, 0.15) is 23.2 Å². The zero-order valence-electron chi connectivity index (χ0n) is 12.0. The van der Waals surface area contributed by atoms with E-state index in [2.05, 4.69) is 0 Å². The molecule has 0 unspecified atom stereocenters. The molecule has 122 valence electrons. The number of non-ortho nitro benzene ring substituents is 2. The Morgan fingerprint density at radius 3 is 2.35 bits per heavy atom. The van der Waals surface area contributed by atoms with Gasteiger partial charge in [-0.2, -0.15) is 0 Å². The summed E-state index contributed by atoms with van der Waals surface area (Å²) in [6.45, 7) is -0.0410. The summed E-state index contributed by atoms with van der Waals surface area (Å²) in [4.78, 5) is 32.1. The first kappa shape index (κ1) is 16.6. The molecule has 23 heavy (non-hydrogen) atoms. The Kier molecular flexibility index (Phi) is 5.02. The first-order valence-electron chi connectivity index (χ1n) is 6.83. The lowest BCUT2D eigenvalue weighted by Crippen LogP contribution is -2.24. The lowest BCUT2D eigenvalue weighted by Gasteiger charge is -2.23. The molecule has 0 aliphatic heterocycles. The Morgan fingerprint density at radius 1 is 1.22 bits per heavy atom. The third kappa shape index (κ3) is 4.10. The maximum atomic E-state index is 12.1. The van der Waals surface area contributed by atoms with Crippen LogP contribution in [-0.4, -0.2) is 33.6 Å². The molecule has 2 atom stereocenters. The topological polar surface area (TPSA) is 133 Å². The summed E-state index contributed by atoms with van der Waals surface area (Å²) < 4.78 is 5.20. The van der Waals surface area contributed by atoms with Crippen LogP contribution in [0.3, 0.4) is 0 Å². The van der Waals surface area contributed by atoms with Crippen molar-refractivity contribution in [3.8, 4) is 0 Å². The van der Waals surface area contributed by atoms with Gasteiger partial charge in [0.15, 0.2) is 0 Å². The molecule has 1 N–H and O–H groups in total. The molecular weight excluding hydrogens is 308 g/mol. The van der Waals surface area contributed by atoms with Gasteiger partial charge in [0, 0.05) is 18.7 Å². The lowest BCUT2D eigenvalue weighted by molar-refractivity contribution is -0.394. The molecule has 1 aromatic rings. The third-order valence-electron chi connectivity index (χ3n) is 3.46. The molecule has 0 bridgehead atoms. The summed E-state index contributed by atoms with van der Waals surface area (Å²) in [5.41, 5.74) is -1.37. The maximum absolute atomic E-state index is 12.1. The van der Waals surface area contributed by atoms with Gasteiger partial charge in [-0.3, -0.25) is 20.2 Å². The smallest absolute Gasteiger partial charge is 0.339 e. The number of aliphatic hydroxyl groups is 1. The van der Waals surface area contributed by atoms with E-state index < -0.39 is 33.3 Å². The first-order chi connectivity index (χ1) is 10.9. The zero-order chi connectivity index (χ0) is 17.0. The number of esters is 1. The Morgan fingerprint density at radius 2 is 1.83 bits per heavy atom. The third-order valence-corrected chi connectivity index (χ3v) is 3.46. The second kappa shape index (κ2) is 6.97. The Hall–Kier alpha value is -2.81. The van der Waals surface area contributed by atoms with Crippen molar-refractivity contribution >= 4 is 17.3 Å². The highest BCUT2D eigenvalue weighted by atomic mass is 16.6. The fraction of sp³-hybridized carbons (Fsp3) is 0.357. The Labute approximate surface area is 130 Å².